The van der Waals surface area contributed by atoms with E-state index in [1.165, 1.54) is 6.33 Å². The molecule has 0 amide bonds. The molecule has 3 aromatic rings. The molecule has 0 aliphatic heterocycles. The zero-order valence-corrected chi connectivity index (χ0v) is 16.1. The Morgan fingerprint density at radius 3 is 2.69 bits per heavy atom. The summed E-state index contributed by atoms with van der Waals surface area (Å²) in [6.45, 7) is 3.84. The highest BCUT2D eigenvalue weighted by Crippen LogP contribution is 2.42. The van der Waals surface area contributed by atoms with Gasteiger partial charge in [0.25, 0.3) is 5.56 Å². The number of hydrogen-bond acceptors (Lipinski definition) is 4. The zero-order chi connectivity index (χ0) is 18.4. The van der Waals surface area contributed by atoms with Crippen molar-refractivity contribution in [2.75, 3.05) is 0 Å². The minimum atomic E-state index is -0.0805. The molecule has 2 aromatic heterocycles. The van der Waals surface area contributed by atoms with Crippen LogP contribution >= 0.6 is 23.2 Å². The average molecular weight is 389 g/mol. The monoisotopic (exact) mass is 388 g/mol. The molecule has 1 saturated carbocycles. The normalized spacial score (nSPS) is 15.4. The van der Waals surface area contributed by atoms with Gasteiger partial charge in [0.1, 0.15) is 23.2 Å². The second-order valence-electron chi connectivity index (χ2n) is 6.70. The van der Waals surface area contributed by atoms with Crippen molar-refractivity contribution in [3.05, 3.63) is 50.6 Å². The quantitative estimate of drug-likeness (QED) is 0.641. The molecular weight excluding hydrogens is 371 g/mol. The second-order valence-corrected chi connectivity index (χ2v) is 7.55. The lowest BCUT2D eigenvalue weighted by atomic mass is 10.1. The van der Waals surface area contributed by atoms with E-state index in [1.54, 1.807) is 19.1 Å². The first-order chi connectivity index (χ1) is 12.5. The lowest BCUT2D eigenvalue weighted by molar-refractivity contribution is 0.428. The Hall–Kier alpha value is -1.98. The molecule has 7 heteroatoms. The number of hydrogen-bond donors (Lipinski definition) is 0. The molecule has 0 saturated heterocycles. The Bertz CT molecular complexity index is 1060. The first kappa shape index (κ1) is 17.4. The number of aryl methyl sites for hydroxylation is 1. The molecule has 1 fully saturated rings. The van der Waals surface area contributed by atoms with Crippen molar-refractivity contribution in [3.63, 3.8) is 0 Å². The van der Waals surface area contributed by atoms with Crippen LogP contribution < -0.4 is 5.56 Å². The predicted octanol–water partition coefficient (Wildman–Crippen LogP) is 4.83. The third kappa shape index (κ3) is 2.89. The third-order valence-electron chi connectivity index (χ3n) is 4.94. The maximum atomic E-state index is 12.9. The fourth-order valence-corrected chi connectivity index (χ4v) is 4.03. The van der Waals surface area contributed by atoms with Gasteiger partial charge in [0.05, 0.1) is 5.02 Å². The molecule has 1 aliphatic carbocycles. The molecular formula is C19H18Cl2N4O. The summed E-state index contributed by atoms with van der Waals surface area (Å²) in [6, 6.07) is 5.39. The fourth-order valence-electron chi connectivity index (χ4n) is 3.53. The van der Waals surface area contributed by atoms with Crippen LogP contribution in [0.5, 0.6) is 0 Å². The first-order valence-corrected chi connectivity index (χ1v) is 9.46. The highest BCUT2D eigenvalue weighted by Gasteiger charge is 2.33. The summed E-state index contributed by atoms with van der Waals surface area (Å²) >= 11 is 12.4. The lowest BCUT2D eigenvalue weighted by Crippen LogP contribution is -2.29. The van der Waals surface area contributed by atoms with Crippen molar-refractivity contribution in [2.45, 2.75) is 39.2 Å². The molecule has 134 valence electrons. The molecule has 0 spiro atoms. The topological polar surface area (TPSA) is 60.7 Å². The SMILES string of the molecule is CC[C@@H](C1CC1)n1c(=O)c(C)nc2c(-c3ccc(Cl)cc3Cl)ncnc21. The van der Waals surface area contributed by atoms with Gasteiger partial charge in [0.2, 0.25) is 0 Å². The second kappa shape index (κ2) is 6.63. The molecule has 1 atom stereocenters. The van der Waals surface area contributed by atoms with Gasteiger partial charge in [-0.1, -0.05) is 30.1 Å². The fraction of sp³-hybridized carbons (Fsp3) is 0.368. The van der Waals surface area contributed by atoms with Crippen LogP contribution in [0, 0.1) is 12.8 Å². The molecule has 0 N–H and O–H groups in total. The molecule has 0 radical (unpaired) electrons. The van der Waals surface area contributed by atoms with Gasteiger partial charge < -0.3 is 0 Å². The van der Waals surface area contributed by atoms with Gasteiger partial charge >= 0.3 is 0 Å². The van der Waals surface area contributed by atoms with E-state index in [-0.39, 0.29) is 11.6 Å². The van der Waals surface area contributed by atoms with Gasteiger partial charge in [0, 0.05) is 16.6 Å². The zero-order valence-electron chi connectivity index (χ0n) is 14.5. The van der Waals surface area contributed by atoms with E-state index in [4.69, 9.17) is 23.2 Å². The molecule has 4 rings (SSSR count). The van der Waals surface area contributed by atoms with E-state index in [0.29, 0.717) is 38.5 Å². The minimum absolute atomic E-state index is 0.0805. The number of aromatic nitrogens is 4. The van der Waals surface area contributed by atoms with Gasteiger partial charge in [-0.15, -0.1) is 0 Å². The average Bonchev–Trinajstić information content (AvgIpc) is 3.44. The van der Waals surface area contributed by atoms with Crippen LogP contribution in [-0.4, -0.2) is 19.5 Å². The van der Waals surface area contributed by atoms with Gasteiger partial charge in [-0.2, -0.15) is 0 Å². The van der Waals surface area contributed by atoms with Crippen molar-refractivity contribution in [2.24, 2.45) is 5.92 Å². The summed E-state index contributed by atoms with van der Waals surface area (Å²) in [5.41, 5.74) is 2.85. The molecule has 0 bridgehead atoms. The van der Waals surface area contributed by atoms with Crippen LogP contribution in [0.15, 0.2) is 29.3 Å². The van der Waals surface area contributed by atoms with E-state index in [2.05, 4.69) is 21.9 Å². The van der Waals surface area contributed by atoms with E-state index < -0.39 is 0 Å². The highest BCUT2D eigenvalue weighted by molar-refractivity contribution is 6.36. The summed E-state index contributed by atoms with van der Waals surface area (Å²) in [5.74, 6) is 0.528. The minimum Gasteiger partial charge on any atom is -0.286 e. The molecule has 1 aliphatic rings. The molecule has 0 unspecified atom stereocenters. The number of nitrogens with zero attached hydrogens (tertiary/aromatic N) is 4. The standard InChI is InChI=1S/C19H18Cl2N4O/c1-3-15(11-4-5-11)25-18-17(24-10(2)19(25)26)16(22-9-23-18)13-7-6-12(20)8-14(13)21/h6-9,11,15H,3-5H2,1-2H3/t15-/m0/s1. The summed E-state index contributed by atoms with van der Waals surface area (Å²) in [4.78, 5) is 26.2. The van der Waals surface area contributed by atoms with Gasteiger partial charge in [-0.25, -0.2) is 15.0 Å². The van der Waals surface area contributed by atoms with Gasteiger partial charge in [-0.05, 0) is 50.3 Å². The Kier molecular flexibility index (Phi) is 4.45. The van der Waals surface area contributed by atoms with E-state index >= 15 is 0 Å². The van der Waals surface area contributed by atoms with Crippen LogP contribution in [0.25, 0.3) is 22.4 Å². The lowest BCUT2D eigenvalue weighted by Gasteiger charge is -2.20. The Labute approximate surface area is 161 Å². The van der Waals surface area contributed by atoms with Crippen molar-refractivity contribution in [1.29, 1.82) is 0 Å². The third-order valence-corrected chi connectivity index (χ3v) is 5.49. The maximum absolute atomic E-state index is 12.9. The summed E-state index contributed by atoms with van der Waals surface area (Å²) < 4.78 is 1.81. The van der Waals surface area contributed by atoms with Crippen molar-refractivity contribution in [1.82, 2.24) is 19.5 Å². The summed E-state index contributed by atoms with van der Waals surface area (Å²) in [7, 11) is 0. The first-order valence-electron chi connectivity index (χ1n) is 8.70. The van der Waals surface area contributed by atoms with Crippen molar-refractivity contribution >= 4 is 34.4 Å². The number of halogens is 2. The summed E-state index contributed by atoms with van der Waals surface area (Å²) in [6.07, 6.45) is 4.64. The molecule has 2 heterocycles. The molecule has 5 nitrogen and oxygen atoms in total. The molecule has 26 heavy (non-hydrogen) atoms. The Morgan fingerprint density at radius 2 is 2.04 bits per heavy atom. The van der Waals surface area contributed by atoms with Crippen LogP contribution in [0.1, 0.15) is 37.9 Å². The van der Waals surface area contributed by atoms with E-state index in [1.807, 2.05) is 10.6 Å². The Morgan fingerprint density at radius 1 is 1.27 bits per heavy atom. The smallest absolute Gasteiger partial charge is 0.273 e. The van der Waals surface area contributed by atoms with Crippen molar-refractivity contribution < 1.29 is 0 Å². The van der Waals surface area contributed by atoms with E-state index in [9.17, 15) is 4.79 Å². The summed E-state index contributed by atoms with van der Waals surface area (Å²) in [5, 5.41) is 1.04. The highest BCUT2D eigenvalue weighted by atomic mass is 35.5. The largest absolute Gasteiger partial charge is 0.286 e. The van der Waals surface area contributed by atoms with Crippen LogP contribution in [-0.2, 0) is 0 Å². The Balaban J connectivity index is 2.03. The van der Waals surface area contributed by atoms with Crippen LogP contribution in [0.2, 0.25) is 10.0 Å². The van der Waals surface area contributed by atoms with Crippen LogP contribution in [0.3, 0.4) is 0 Å². The van der Waals surface area contributed by atoms with E-state index in [0.717, 1.165) is 24.8 Å². The predicted molar refractivity (Wildman–Crippen MR) is 104 cm³/mol. The molecule has 1 aromatic carbocycles. The van der Waals surface area contributed by atoms with Crippen molar-refractivity contribution in [3.8, 4) is 11.3 Å². The number of rotatable bonds is 4. The van der Waals surface area contributed by atoms with Gasteiger partial charge in [0.15, 0.2) is 5.65 Å². The van der Waals surface area contributed by atoms with Crippen LogP contribution in [0.4, 0.5) is 0 Å². The number of benzene rings is 1. The van der Waals surface area contributed by atoms with Gasteiger partial charge in [-0.3, -0.25) is 9.36 Å². The maximum Gasteiger partial charge on any atom is 0.273 e. The number of fused-ring (bicyclic) bond motifs is 1.